The van der Waals surface area contributed by atoms with Gasteiger partial charge in [-0.25, -0.2) is 0 Å². The van der Waals surface area contributed by atoms with Crippen LogP contribution in [0.1, 0.15) is 49.3 Å². The van der Waals surface area contributed by atoms with E-state index in [1.54, 1.807) is 0 Å². The highest BCUT2D eigenvalue weighted by Crippen LogP contribution is 2.37. The molecule has 156 valence electrons. The van der Waals surface area contributed by atoms with Gasteiger partial charge in [-0.2, -0.15) is 0 Å². The Bertz CT molecular complexity index is 828. The van der Waals surface area contributed by atoms with E-state index in [0.29, 0.717) is 26.1 Å². The predicted octanol–water partition coefficient (Wildman–Crippen LogP) is 3.41. The summed E-state index contributed by atoms with van der Waals surface area (Å²) in [6.45, 7) is 0.739. The van der Waals surface area contributed by atoms with Gasteiger partial charge in [0.1, 0.15) is 0 Å². The second-order valence-electron chi connectivity index (χ2n) is 8.18. The van der Waals surface area contributed by atoms with Crippen LogP contribution in [-0.2, 0) is 19.1 Å². The lowest BCUT2D eigenvalue weighted by molar-refractivity contribution is -0.174. The first-order valence-corrected chi connectivity index (χ1v) is 10.7. The molecule has 3 aliphatic heterocycles. The van der Waals surface area contributed by atoms with E-state index < -0.39 is 12.5 Å². The van der Waals surface area contributed by atoms with Crippen LogP contribution >= 0.6 is 0 Å². The van der Waals surface area contributed by atoms with Crippen LogP contribution in [0, 0.1) is 0 Å². The van der Waals surface area contributed by atoms with Crippen molar-refractivity contribution < 1.29 is 19.1 Å². The molecule has 3 fully saturated rings. The number of benzene rings is 2. The van der Waals surface area contributed by atoms with Gasteiger partial charge < -0.3 is 19.3 Å². The molecule has 0 aliphatic carbocycles. The number of carbonyl (C=O) groups is 2. The minimum absolute atomic E-state index is 0.0804. The average molecular weight is 406 g/mol. The summed E-state index contributed by atoms with van der Waals surface area (Å²) < 4.78 is 12.8. The summed E-state index contributed by atoms with van der Waals surface area (Å²) in [5.74, 6) is 0.183. The molecule has 5 rings (SSSR count). The lowest BCUT2D eigenvalue weighted by atomic mass is 10.1. The first-order valence-electron chi connectivity index (χ1n) is 10.7. The van der Waals surface area contributed by atoms with Crippen molar-refractivity contribution in [3.05, 3.63) is 71.8 Å². The molecule has 3 heterocycles. The zero-order valence-electron chi connectivity index (χ0n) is 16.9. The van der Waals surface area contributed by atoms with E-state index in [2.05, 4.69) is 0 Å². The molecule has 0 bridgehead atoms. The number of fused-ring (bicyclic) bond motifs is 2. The number of nitrogens with zero attached hydrogens (tertiary/aromatic N) is 2. The van der Waals surface area contributed by atoms with Crippen LogP contribution in [0.2, 0.25) is 0 Å². The van der Waals surface area contributed by atoms with Crippen LogP contribution in [0.15, 0.2) is 60.7 Å². The number of hydrogen-bond acceptors (Lipinski definition) is 4. The SMILES string of the molecule is O=C1CC[C@@H]2CO[C@H](c3ccccc3)N3C(=O)CC[C@H]3CO[C@H](c3ccccc3)N12. The van der Waals surface area contributed by atoms with Gasteiger partial charge in [-0.15, -0.1) is 0 Å². The van der Waals surface area contributed by atoms with Crippen molar-refractivity contribution in [2.24, 2.45) is 0 Å². The molecule has 2 aromatic carbocycles. The Morgan fingerprint density at radius 3 is 1.43 bits per heavy atom. The zero-order valence-corrected chi connectivity index (χ0v) is 16.9. The van der Waals surface area contributed by atoms with Crippen molar-refractivity contribution in [1.82, 2.24) is 9.80 Å². The highest BCUT2D eigenvalue weighted by molar-refractivity contribution is 5.80. The van der Waals surface area contributed by atoms with E-state index in [4.69, 9.17) is 9.47 Å². The fourth-order valence-electron chi connectivity index (χ4n) is 4.81. The number of hydrogen-bond donors (Lipinski definition) is 0. The van der Waals surface area contributed by atoms with Gasteiger partial charge in [0.15, 0.2) is 12.5 Å². The fourth-order valence-corrected chi connectivity index (χ4v) is 4.81. The smallest absolute Gasteiger partial charge is 0.225 e. The van der Waals surface area contributed by atoms with Gasteiger partial charge in [0.05, 0.1) is 25.3 Å². The van der Waals surface area contributed by atoms with Crippen LogP contribution in [0.3, 0.4) is 0 Å². The second kappa shape index (κ2) is 8.20. The Labute approximate surface area is 176 Å². The third-order valence-corrected chi connectivity index (χ3v) is 6.31. The van der Waals surface area contributed by atoms with Gasteiger partial charge in [-0.3, -0.25) is 9.59 Å². The fraction of sp³-hybridized carbons (Fsp3) is 0.417. The Morgan fingerprint density at radius 2 is 1.03 bits per heavy atom. The molecule has 3 aliphatic rings. The normalized spacial score (nSPS) is 29.6. The summed E-state index contributed by atoms with van der Waals surface area (Å²) in [5, 5.41) is 0. The molecular formula is C24H26N2O4. The molecule has 6 heteroatoms. The zero-order chi connectivity index (χ0) is 20.5. The van der Waals surface area contributed by atoms with Crippen LogP contribution in [-0.4, -0.2) is 46.9 Å². The Hall–Kier alpha value is -2.70. The minimum atomic E-state index is -0.458. The third kappa shape index (κ3) is 3.50. The van der Waals surface area contributed by atoms with E-state index in [1.165, 1.54) is 0 Å². The van der Waals surface area contributed by atoms with E-state index >= 15 is 0 Å². The molecule has 0 N–H and O–H groups in total. The van der Waals surface area contributed by atoms with Crippen molar-refractivity contribution in [3.8, 4) is 0 Å². The van der Waals surface area contributed by atoms with Crippen LogP contribution in [0.5, 0.6) is 0 Å². The molecule has 0 saturated carbocycles. The Kier molecular flexibility index (Phi) is 5.27. The summed E-state index contributed by atoms with van der Waals surface area (Å²) >= 11 is 0. The minimum Gasteiger partial charge on any atom is -0.352 e. The highest BCUT2D eigenvalue weighted by atomic mass is 16.5. The van der Waals surface area contributed by atoms with Crippen molar-refractivity contribution in [1.29, 1.82) is 0 Å². The maximum Gasteiger partial charge on any atom is 0.225 e. The first kappa shape index (κ1) is 19.3. The van der Waals surface area contributed by atoms with Gasteiger partial charge in [-0.1, -0.05) is 60.7 Å². The molecule has 30 heavy (non-hydrogen) atoms. The second-order valence-corrected chi connectivity index (χ2v) is 8.18. The largest absolute Gasteiger partial charge is 0.352 e. The quantitative estimate of drug-likeness (QED) is 0.767. The molecule has 6 nitrogen and oxygen atoms in total. The van der Waals surface area contributed by atoms with Gasteiger partial charge in [0, 0.05) is 24.0 Å². The summed E-state index contributed by atoms with van der Waals surface area (Å²) in [7, 11) is 0. The molecular weight excluding hydrogens is 380 g/mol. The Morgan fingerprint density at radius 1 is 0.633 bits per heavy atom. The van der Waals surface area contributed by atoms with Gasteiger partial charge >= 0.3 is 0 Å². The summed E-state index contributed by atoms with van der Waals surface area (Å²) in [6.07, 6.45) is 1.52. The van der Waals surface area contributed by atoms with Gasteiger partial charge in [-0.05, 0) is 12.8 Å². The van der Waals surface area contributed by atoms with Crippen LogP contribution in [0.25, 0.3) is 0 Å². The lowest BCUT2D eigenvalue weighted by Gasteiger charge is -2.40. The van der Waals surface area contributed by atoms with Crippen LogP contribution in [0.4, 0.5) is 0 Å². The number of carbonyl (C=O) groups excluding carboxylic acids is 2. The maximum atomic E-state index is 12.8. The van der Waals surface area contributed by atoms with E-state index in [1.807, 2.05) is 70.5 Å². The molecule has 0 spiro atoms. The average Bonchev–Trinajstić information content (AvgIpc) is 3.33. The summed E-state index contributed by atoms with van der Waals surface area (Å²) in [4.78, 5) is 29.3. The van der Waals surface area contributed by atoms with Crippen molar-refractivity contribution >= 4 is 11.8 Å². The number of amides is 2. The third-order valence-electron chi connectivity index (χ3n) is 6.31. The molecule has 0 radical (unpaired) electrons. The standard InChI is InChI=1S/C24H26N2O4/c27-21-13-11-19-16-30-24(18-9-5-2-6-10-18)26-20(12-14-22(26)28)15-29-23(25(19)21)17-7-3-1-4-8-17/h1-10,19-20,23-24H,11-16H2/t19-,20+,23-,24-/m1/s1. The molecule has 4 atom stereocenters. The van der Waals surface area contributed by atoms with Gasteiger partial charge in [0.25, 0.3) is 0 Å². The van der Waals surface area contributed by atoms with Crippen molar-refractivity contribution in [2.45, 2.75) is 50.2 Å². The molecule has 2 aromatic rings. The van der Waals surface area contributed by atoms with Crippen molar-refractivity contribution in [2.75, 3.05) is 13.2 Å². The van der Waals surface area contributed by atoms with E-state index in [9.17, 15) is 9.59 Å². The highest BCUT2D eigenvalue weighted by Gasteiger charge is 2.43. The van der Waals surface area contributed by atoms with E-state index in [0.717, 1.165) is 24.0 Å². The lowest BCUT2D eigenvalue weighted by Crippen LogP contribution is -2.47. The van der Waals surface area contributed by atoms with E-state index in [-0.39, 0.29) is 23.9 Å². The Balaban J connectivity index is 1.50. The summed E-state index contributed by atoms with van der Waals surface area (Å²) in [5.41, 5.74) is 1.91. The maximum absolute atomic E-state index is 12.8. The van der Waals surface area contributed by atoms with Crippen LogP contribution < -0.4 is 0 Å². The van der Waals surface area contributed by atoms with Crippen molar-refractivity contribution in [3.63, 3.8) is 0 Å². The monoisotopic (exact) mass is 406 g/mol. The summed E-state index contributed by atoms with van der Waals surface area (Å²) in [6, 6.07) is 19.5. The topological polar surface area (TPSA) is 59.1 Å². The predicted molar refractivity (Wildman–Crippen MR) is 110 cm³/mol. The number of rotatable bonds is 2. The first-order chi connectivity index (χ1) is 14.7. The van der Waals surface area contributed by atoms with Gasteiger partial charge in [0.2, 0.25) is 11.8 Å². The molecule has 2 amide bonds. The molecule has 0 unspecified atom stereocenters. The molecule has 0 aromatic heterocycles. The number of ether oxygens (including phenoxy) is 2. The molecule has 3 saturated heterocycles.